The monoisotopic (exact) mass is 795 g/mol. The first-order valence-electron chi connectivity index (χ1n) is 18.6. The van der Waals surface area contributed by atoms with Gasteiger partial charge >= 0.3 is 12.1 Å². The first-order valence-corrected chi connectivity index (χ1v) is 18.6. The molecule has 5 unspecified atom stereocenters. The van der Waals surface area contributed by atoms with Gasteiger partial charge in [-0.05, 0) is 66.1 Å². The zero-order chi connectivity index (χ0) is 41.8. The Morgan fingerprint density at radius 1 is 0.895 bits per heavy atom. The zero-order valence-corrected chi connectivity index (χ0v) is 31.8. The second-order valence-electron chi connectivity index (χ2n) is 14.6. The van der Waals surface area contributed by atoms with Crippen molar-refractivity contribution in [2.24, 2.45) is 11.8 Å². The lowest BCUT2D eigenvalue weighted by atomic mass is 9.78. The van der Waals surface area contributed by atoms with Crippen LogP contribution in [0.25, 0.3) is 10.9 Å². The summed E-state index contributed by atoms with van der Waals surface area (Å²) in [5, 5.41) is 30.5. The molecule has 1 aromatic heterocycles. The van der Waals surface area contributed by atoms with Crippen LogP contribution in [0.1, 0.15) is 79.7 Å². The van der Waals surface area contributed by atoms with Crippen molar-refractivity contribution in [3.63, 3.8) is 0 Å². The van der Waals surface area contributed by atoms with E-state index in [4.69, 9.17) is 0 Å². The molecule has 5 atom stereocenters. The summed E-state index contributed by atoms with van der Waals surface area (Å²) < 4.78 is 56.7. The number of aromatic carboxylic acids is 1. The van der Waals surface area contributed by atoms with Gasteiger partial charge < -0.3 is 36.5 Å². The zero-order valence-electron chi connectivity index (χ0n) is 31.8. The van der Waals surface area contributed by atoms with Crippen LogP contribution in [0.15, 0.2) is 60.7 Å². The Morgan fingerprint density at radius 3 is 2.19 bits per heavy atom. The van der Waals surface area contributed by atoms with Crippen LogP contribution in [0.3, 0.4) is 0 Å². The molecule has 304 valence electrons. The van der Waals surface area contributed by atoms with E-state index in [-0.39, 0.29) is 47.8 Å². The van der Waals surface area contributed by atoms with Gasteiger partial charge in [-0.2, -0.15) is 13.2 Å². The molecule has 57 heavy (non-hydrogen) atoms. The number of alkyl halides is 3. The number of nitrogens with one attached hydrogen (secondary N) is 5. The Labute approximate surface area is 325 Å². The molecule has 0 aliphatic heterocycles. The predicted octanol–water partition coefficient (Wildman–Crippen LogP) is 6.02. The molecule has 4 amide bonds. The molecule has 5 rings (SSSR count). The third-order valence-corrected chi connectivity index (χ3v) is 10.8. The van der Waals surface area contributed by atoms with E-state index in [2.05, 4.69) is 26.3 Å². The highest BCUT2D eigenvalue weighted by Gasteiger charge is 2.47. The number of H-pyrrole nitrogens is 1. The number of phenols is 1. The van der Waals surface area contributed by atoms with Gasteiger partial charge in [0.1, 0.15) is 34.8 Å². The SMILES string of the molecule is CCC(C)C(NC(=O)Cc1ccccc1F)C(=O)NC1(C(=O)NC(C(=O)Nc2ccc(O)c(C(=O)O)c2)C(C)CC)CCc2[nH]c3c(C(F)(F)F)cccc3c2C1. The Kier molecular flexibility index (Phi) is 12.6. The third kappa shape index (κ3) is 9.21. The molecule has 1 aliphatic rings. The molecule has 16 heteroatoms. The lowest BCUT2D eigenvalue weighted by molar-refractivity contribution is -0.138. The summed E-state index contributed by atoms with van der Waals surface area (Å²) in [5.41, 5.74) is -2.49. The molecule has 12 nitrogen and oxygen atoms in total. The Balaban J connectivity index is 1.52. The summed E-state index contributed by atoms with van der Waals surface area (Å²) in [4.78, 5) is 70.6. The number of aromatic nitrogens is 1. The summed E-state index contributed by atoms with van der Waals surface area (Å²) in [7, 11) is 0. The number of benzene rings is 3. The molecule has 0 saturated heterocycles. The van der Waals surface area contributed by atoms with E-state index < -0.39 is 87.9 Å². The van der Waals surface area contributed by atoms with Gasteiger partial charge in [0.15, 0.2) is 0 Å². The lowest BCUT2D eigenvalue weighted by Gasteiger charge is -2.39. The van der Waals surface area contributed by atoms with Crippen LogP contribution in [-0.2, 0) is 44.6 Å². The standard InChI is InChI=1S/C41H45F4N5O7/c1-5-21(3)33(36(53)46-24-14-15-31(51)26(19-24)38(55)56)49-39(57)40(17-16-30-27(20-40)25-11-9-12-28(35(25)47-30)41(43,44)45)50-37(54)34(22(4)6-2)48-32(52)18-23-10-7-8-13-29(23)42/h7-15,19,21-22,33-34,47,51H,5-6,16-18,20H2,1-4H3,(H,46,53)(H,48,52)(H,49,57)(H,50,54)(H,55,56). The van der Waals surface area contributed by atoms with Gasteiger partial charge in [-0.3, -0.25) is 19.2 Å². The van der Waals surface area contributed by atoms with Crippen LogP contribution in [0.2, 0.25) is 0 Å². The van der Waals surface area contributed by atoms with Crippen molar-refractivity contribution >= 4 is 46.2 Å². The first kappa shape index (κ1) is 42.2. The number of rotatable bonds is 14. The number of carboxylic acid groups (broad SMARTS) is 1. The fourth-order valence-electron chi connectivity index (χ4n) is 7.11. The Hall–Kier alpha value is -5.93. The second-order valence-corrected chi connectivity index (χ2v) is 14.6. The number of amides is 4. The van der Waals surface area contributed by atoms with Gasteiger partial charge in [-0.15, -0.1) is 0 Å². The summed E-state index contributed by atoms with van der Waals surface area (Å²) in [5.74, 6) is -6.57. The average molecular weight is 796 g/mol. The molecule has 0 spiro atoms. The van der Waals surface area contributed by atoms with Crippen LogP contribution in [-0.4, -0.2) is 62.4 Å². The van der Waals surface area contributed by atoms with Crippen molar-refractivity contribution in [3.8, 4) is 5.75 Å². The van der Waals surface area contributed by atoms with Crippen molar-refractivity contribution < 1.29 is 51.7 Å². The fourth-order valence-corrected chi connectivity index (χ4v) is 7.11. The molecule has 0 fully saturated rings. The number of carbonyl (C=O) groups is 5. The number of carbonyl (C=O) groups excluding carboxylic acids is 4. The lowest BCUT2D eigenvalue weighted by Crippen LogP contribution is -2.67. The highest BCUT2D eigenvalue weighted by Crippen LogP contribution is 2.40. The predicted molar refractivity (Wildman–Crippen MR) is 203 cm³/mol. The topological polar surface area (TPSA) is 190 Å². The highest BCUT2D eigenvalue weighted by molar-refractivity contribution is 6.02. The van der Waals surface area contributed by atoms with E-state index in [1.54, 1.807) is 33.8 Å². The summed E-state index contributed by atoms with van der Waals surface area (Å²) in [6, 6.07) is 10.3. The van der Waals surface area contributed by atoms with Gasteiger partial charge in [0.2, 0.25) is 23.6 Å². The minimum absolute atomic E-state index is 0.0184. The van der Waals surface area contributed by atoms with E-state index in [0.29, 0.717) is 24.1 Å². The van der Waals surface area contributed by atoms with Gasteiger partial charge in [0.25, 0.3) is 0 Å². The minimum Gasteiger partial charge on any atom is -0.507 e. The van der Waals surface area contributed by atoms with Crippen LogP contribution < -0.4 is 21.3 Å². The van der Waals surface area contributed by atoms with Gasteiger partial charge in [0.05, 0.1) is 17.5 Å². The van der Waals surface area contributed by atoms with Crippen molar-refractivity contribution in [2.75, 3.05) is 5.32 Å². The second kappa shape index (κ2) is 17.1. The quantitative estimate of drug-likeness (QED) is 0.0600. The smallest absolute Gasteiger partial charge is 0.418 e. The number of hydrogen-bond donors (Lipinski definition) is 7. The highest BCUT2D eigenvalue weighted by atomic mass is 19.4. The van der Waals surface area contributed by atoms with Crippen molar-refractivity contribution in [1.29, 1.82) is 0 Å². The largest absolute Gasteiger partial charge is 0.507 e. The Morgan fingerprint density at radius 2 is 1.56 bits per heavy atom. The Bertz CT molecular complexity index is 2190. The van der Waals surface area contributed by atoms with Crippen molar-refractivity contribution in [2.45, 2.75) is 90.0 Å². The molecule has 0 radical (unpaired) electrons. The van der Waals surface area contributed by atoms with Crippen LogP contribution in [0, 0.1) is 17.7 Å². The van der Waals surface area contributed by atoms with Crippen LogP contribution in [0.5, 0.6) is 5.75 Å². The maximum Gasteiger partial charge on any atom is 0.418 e. The summed E-state index contributed by atoms with van der Waals surface area (Å²) in [6.45, 7) is 6.96. The molecular formula is C41H45F4N5O7. The normalized spacial score (nSPS) is 17.4. The number of anilines is 1. The minimum atomic E-state index is -4.69. The van der Waals surface area contributed by atoms with E-state index in [9.17, 15) is 51.7 Å². The van der Waals surface area contributed by atoms with Gasteiger partial charge in [0, 0.05) is 23.2 Å². The summed E-state index contributed by atoms with van der Waals surface area (Å²) in [6.07, 6.45) is -4.66. The molecule has 3 aromatic carbocycles. The number of halogens is 4. The van der Waals surface area contributed by atoms with E-state index >= 15 is 0 Å². The molecule has 1 heterocycles. The van der Waals surface area contributed by atoms with Gasteiger partial charge in [-0.25, -0.2) is 9.18 Å². The number of hydrogen-bond acceptors (Lipinski definition) is 6. The summed E-state index contributed by atoms with van der Waals surface area (Å²) >= 11 is 0. The molecule has 4 aromatic rings. The number of para-hydroxylation sites is 1. The molecule has 7 N–H and O–H groups in total. The third-order valence-electron chi connectivity index (χ3n) is 10.8. The maximum absolute atomic E-state index is 14.8. The number of aromatic hydroxyl groups is 1. The van der Waals surface area contributed by atoms with Crippen LogP contribution in [0.4, 0.5) is 23.2 Å². The number of aryl methyl sites for hydroxylation is 1. The van der Waals surface area contributed by atoms with E-state index in [1.165, 1.54) is 36.4 Å². The van der Waals surface area contributed by atoms with E-state index in [1.807, 2.05) is 0 Å². The maximum atomic E-state index is 14.8. The number of aromatic amines is 1. The molecule has 0 bridgehead atoms. The van der Waals surface area contributed by atoms with Crippen molar-refractivity contribution in [3.05, 3.63) is 94.4 Å². The molecule has 0 saturated carbocycles. The first-order chi connectivity index (χ1) is 26.9. The van der Waals surface area contributed by atoms with Crippen molar-refractivity contribution in [1.82, 2.24) is 20.9 Å². The number of carboxylic acids is 1. The molecular weight excluding hydrogens is 750 g/mol. The van der Waals surface area contributed by atoms with E-state index in [0.717, 1.165) is 18.2 Å². The average Bonchev–Trinajstić information content (AvgIpc) is 3.54. The van der Waals surface area contributed by atoms with Crippen LogP contribution >= 0.6 is 0 Å². The van der Waals surface area contributed by atoms with Gasteiger partial charge in [-0.1, -0.05) is 70.9 Å². The molecule has 1 aliphatic carbocycles. The number of fused-ring (bicyclic) bond motifs is 3. The fraction of sp³-hybridized carbons (Fsp3) is 0.390.